The minimum Gasteiger partial charge on any atom is -0.436 e. The molecule has 1 aromatic heterocycles. The molecule has 67 heavy (non-hydrogen) atoms. The van der Waals surface area contributed by atoms with Crippen LogP contribution in [0.5, 0.6) is 0 Å². The largest absolute Gasteiger partial charge is 0.436 e. The third kappa shape index (κ3) is 8.79. The van der Waals surface area contributed by atoms with Crippen molar-refractivity contribution < 1.29 is 24.2 Å². The molecule has 4 atom stereocenters. The number of carbonyl (C=O) groups is 3. The first-order chi connectivity index (χ1) is 32.4. The first kappa shape index (κ1) is 45.6. The van der Waals surface area contributed by atoms with Crippen molar-refractivity contribution in [2.75, 3.05) is 13.6 Å². The lowest BCUT2D eigenvalue weighted by Crippen LogP contribution is -2.61. The predicted octanol–water partition coefficient (Wildman–Crippen LogP) is 11.0. The number of fused-ring (bicyclic) bond motifs is 3. The lowest BCUT2D eigenvalue weighted by molar-refractivity contribution is -0.143. The molecule has 3 amide bonds. The quantitative estimate of drug-likeness (QED) is 0.111. The molecule has 0 bridgehead atoms. The number of aryl methyl sites for hydroxylation is 1. The van der Waals surface area contributed by atoms with Crippen LogP contribution in [0.2, 0.25) is 0 Å². The van der Waals surface area contributed by atoms with Gasteiger partial charge in [-0.1, -0.05) is 164 Å². The fraction of sp³-hybridized carbons (Fsp3) is 0.250. The summed E-state index contributed by atoms with van der Waals surface area (Å²) in [6.07, 6.45) is -2.33. The maximum atomic E-state index is 15.8. The highest BCUT2D eigenvalue weighted by molar-refractivity contribution is 8.02. The molecule has 9 nitrogen and oxygen atoms in total. The Morgan fingerprint density at radius 2 is 1.28 bits per heavy atom. The number of amides is 3. The van der Waals surface area contributed by atoms with E-state index in [1.54, 1.807) is 30.1 Å². The molecule has 2 N–H and O–H groups in total. The molecule has 340 valence electrons. The van der Waals surface area contributed by atoms with Gasteiger partial charge >= 0.3 is 6.09 Å². The molecule has 0 spiro atoms. The highest BCUT2D eigenvalue weighted by Crippen LogP contribution is 2.55. The van der Waals surface area contributed by atoms with E-state index in [9.17, 15) is 14.7 Å². The van der Waals surface area contributed by atoms with Crippen LogP contribution < -0.4 is 5.32 Å². The van der Waals surface area contributed by atoms with Crippen LogP contribution in [0.3, 0.4) is 0 Å². The van der Waals surface area contributed by atoms with E-state index in [1.807, 2.05) is 161 Å². The van der Waals surface area contributed by atoms with Gasteiger partial charge in [0, 0.05) is 35.9 Å². The molecule has 1 saturated heterocycles. The van der Waals surface area contributed by atoms with E-state index >= 15 is 4.79 Å². The average molecular weight is 927 g/mol. The maximum absolute atomic E-state index is 15.8. The fourth-order valence-electron chi connectivity index (χ4n) is 9.96. The smallest absolute Gasteiger partial charge is 0.411 e. The van der Waals surface area contributed by atoms with Gasteiger partial charge in [0.15, 0.2) is 6.10 Å². The second-order valence-corrected chi connectivity index (χ2v) is 20.7. The van der Waals surface area contributed by atoms with Crippen molar-refractivity contribution in [1.82, 2.24) is 20.1 Å². The Hall–Kier alpha value is -6.53. The van der Waals surface area contributed by atoms with Gasteiger partial charge in [0.1, 0.15) is 12.1 Å². The zero-order valence-corrected chi connectivity index (χ0v) is 39.8. The first-order valence-electron chi connectivity index (χ1n) is 22.6. The lowest BCUT2D eigenvalue weighted by Gasteiger charge is -2.47. The first-order valence-corrected chi connectivity index (χ1v) is 24.3. The van der Waals surface area contributed by atoms with E-state index < -0.39 is 51.8 Å². The molecule has 0 saturated carbocycles. The standard InChI is InChI=1S/C56H54N4O5S2/c1-36(38-29-31-39(32-30-38)50-37(2)57-35-66-50)58-52(62)48-33-43(61)34-60(48)53(63)51(59(5)54(64)65-49-46-27-17-15-25-44(46)45-26-16-18-28-47(45)49)55(3,4)67-56(40-19-9-6-10-20-40,41-21-11-7-12-22-41)42-23-13-8-14-24-42/h6-32,35-36,43,48-49,51,61H,33-34H2,1-5H3,(H,58,62)/t36?,43-,48-,51?/m1/s1. The summed E-state index contributed by atoms with van der Waals surface area (Å²) in [7, 11) is 1.61. The van der Waals surface area contributed by atoms with Crippen LogP contribution in [0.25, 0.3) is 21.6 Å². The van der Waals surface area contributed by atoms with Crippen molar-refractivity contribution in [1.29, 1.82) is 0 Å². The molecule has 2 heterocycles. The number of hydrogen-bond donors (Lipinski definition) is 2. The number of hydrogen-bond acceptors (Lipinski definition) is 8. The number of likely N-dealkylation sites (N-methyl/N-ethyl adjacent to an activating group) is 1. The summed E-state index contributed by atoms with van der Waals surface area (Å²) in [5.41, 5.74) is 11.4. The number of nitrogens with zero attached hydrogens (tertiary/aromatic N) is 3. The summed E-state index contributed by atoms with van der Waals surface area (Å²) in [5.74, 6) is -0.860. The highest BCUT2D eigenvalue weighted by atomic mass is 32.2. The fourth-order valence-corrected chi connectivity index (χ4v) is 12.7. The third-order valence-electron chi connectivity index (χ3n) is 13.2. The minimum absolute atomic E-state index is 0.0416. The third-order valence-corrected chi connectivity index (χ3v) is 15.9. The molecule has 2 aliphatic rings. The number of carbonyl (C=O) groups excluding carboxylic acids is 3. The number of likely N-dealkylation sites (tertiary alicyclic amines) is 1. The number of rotatable bonds is 13. The zero-order chi connectivity index (χ0) is 46.9. The van der Waals surface area contributed by atoms with E-state index in [-0.39, 0.29) is 18.9 Å². The molecule has 2 unspecified atom stereocenters. The van der Waals surface area contributed by atoms with Crippen molar-refractivity contribution >= 4 is 41.0 Å². The van der Waals surface area contributed by atoms with Crippen LogP contribution in [-0.4, -0.2) is 74.3 Å². The van der Waals surface area contributed by atoms with Crippen LogP contribution in [0.1, 0.15) is 78.4 Å². The van der Waals surface area contributed by atoms with Gasteiger partial charge in [-0.2, -0.15) is 0 Å². The Morgan fingerprint density at radius 1 is 0.776 bits per heavy atom. The van der Waals surface area contributed by atoms with Gasteiger partial charge in [-0.05, 0) is 66.6 Å². The van der Waals surface area contributed by atoms with Gasteiger partial charge in [0.2, 0.25) is 11.8 Å². The molecular formula is C56H54N4O5S2. The molecule has 9 rings (SSSR count). The molecule has 11 heteroatoms. The number of aliphatic hydroxyl groups excluding tert-OH is 1. The summed E-state index contributed by atoms with van der Waals surface area (Å²) in [6, 6.07) is 51.8. The second-order valence-electron chi connectivity index (χ2n) is 18.0. The van der Waals surface area contributed by atoms with Gasteiger partial charge in [-0.25, -0.2) is 9.78 Å². The Balaban J connectivity index is 1.09. The van der Waals surface area contributed by atoms with E-state index in [1.165, 1.54) is 9.80 Å². The number of aromatic nitrogens is 1. The van der Waals surface area contributed by atoms with E-state index in [2.05, 4.69) is 46.7 Å². The Kier molecular flexibility index (Phi) is 12.9. The number of benzene rings is 6. The van der Waals surface area contributed by atoms with Crippen LogP contribution >= 0.6 is 23.1 Å². The van der Waals surface area contributed by atoms with Gasteiger partial charge in [-0.3, -0.25) is 14.5 Å². The normalized spacial score (nSPS) is 16.7. The van der Waals surface area contributed by atoms with Gasteiger partial charge in [0.25, 0.3) is 0 Å². The van der Waals surface area contributed by atoms with E-state index in [0.717, 1.165) is 60.6 Å². The van der Waals surface area contributed by atoms with Gasteiger partial charge in [0.05, 0.1) is 33.0 Å². The van der Waals surface area contributed by atoms with Crippen molar-refractivity contribution in [3.8, 4) is 21.6 Å². The van der Waals surface area contributed by atoms with Crippen LogP contribution in [0.4, 0.5) is 4.79 Å². The molecule has 0 radical (unpaired) electrons. The van der Waals surface area contributed by atoms with Crippen molar-refractivity contribution in [3.05, 3.63) is 208 Å². The number of β-amino-alcohol motifs (C(OH)–C–C–N with tert-alkyl or cyclic N) is 1. The molecular weight excluding hydrogens is 873 g/mol. The summed E-state index contributed by atoms with van der Waals surface area (Å²) >= 11 is 3.15. The molecule has 1 aliphatic carbocycles. The summed E-state index contributed by atoms with van der Waals surface area (Å²) in [6.45, 7) is 7.77. The second kappa shape index (κ2) is 19.0. The SMILES string of the molecule is Cc1ncsc1-c1ccc(C(C)NC(=O)[C@H]2C[C@@H](O)CN2C(=O)C(N(C)C(=O)OC2c3ccccc3-c3ccccc32)C(C)(C)SC(c2ccccc2)(c2ccccc2)c2ccccc2)cc1. The van der Waals surface area contributed by atoms with Crippen molar-refractivity contribution in [2.24, 2.45) is 0 Å². The molecule has 7 aromatic rings. The monoisotopic (exact) mass is 926 g/mol. The highest BCUT2D eigenvalue weighted by Gasteiger charge is 2.53. The summed E-state index contributed by atoms with van der Waals surface area (Å²) in [4.78, 5) is 53.6. The summed E-state index contributed by atoms with van der Waals surface area (Å²) in [5, 5.41) is 14.5. The number of aliphatic hydroxyl groups is 1. The van der Waals surface area contributed by atoms with E-state index in [0.29, 0.717) is 0 Å². The number of nitrogens with one attached hydrogen (secondary N) is 1. The Morgan fingerprint density at radius 3 is 1.79 bits per heavy atom. The molecule has 6 aromatic carbocycles. The topological polar surface area (TPSA) is 112 Å². The van der Waals surface area contributed by atoms with Crippen LogP contribution in [0.15, 0.2) is 169 Å². The minimum atomic E-state index is -1.20. The number of thioether (sulfide) groups is 1. The number of thiazole rings is 1. The maximum Gasteiger partial charge on any atom is 0.411 e. The summed E-state index contributed by atoms with van der Waals surface area (Å²) < 4.78 is 4.53. The van der Waals surface area contributed by atoms with Crippen LogP contribution in [-0.2, 0) is 19.1 Å². The van der Waals surface area contributed by atoms with E-state index in [4.69, 9.17) is 4.74 Å². The lowest BCUT2D eigenvalue weighted by atomic mass is 9.84. The average Bonchev–Trinajstić information content (AvgIpc) is 4.06. The Bertz CT molecular complexity index is 2730. The van der Waals surface area contributed by atoms with Gasteiger partial charge in [-0.15, -0.1) is 23.1 Å². The van der Waals surface area contributed by atoms with Crippen molar-refractivity contribution in [2.45, 2.75) is 73.9 Å². The molecule has 1 fully saturated rings. The Labute approximate surface area is 400 Å². The van der Waals surface area contributed by atoms with Crippen LogP contribution in [0, 0.1) is 6.92 Å². The predicted molar refractivity (Wildman–Crippen MR) is 268 cm³/mol. The number of ether oxygens (including phenoxy) is 1. The zero-order valence-electron chi connectivity index (χ0n) is 38.2. The van der Waals surface area contributed by atoms with Crippen molar-refractivity contribution in [3.63, 3.8) is 0 Å². The molecule has 1 aliphatic heterocycles. The van der Waals surface area contributed by atoms with Gasteiger partial charge < -0.3 is 20.1 Å².